The van der Waals surface area contributed by atoms with Crippen LogP contribution in [-0.2, 0) is 16.1 Å². The van der Waals surface area contributed by atoms with Crippen LogP contribution in [0, 0.1) is 0 Å². The number of guanidine groups is 1. The van der Waals surface area contributed by atoms with Gasteiger partial charge >= 0.3 is 18.0 Å². The molecule has 10 N–H and O–H groups in total. The molecule has 1 aromatic heterocycles. The number of rotatable bonds is 11. The molecule has 0 aliphatic rings. The van der Waals surface area contributed by atoms with Crippen molar-refractivity contribution < 1.29 is 29.1 Å². The predicted octanol–water partition coefficient (Wildman–Crippen LogP) is -2.15. The van der Waals surface area contributed by atoms with E-state index in [1.807, 2.05) is 0 Å². The van der Waals surface area contributed by atoms with Gasteiger partial charge in [0.25, 0.3) is 0 Å². The van der Waals surface area contributed by atoms with Crippen LogP contribution in [0.2, 0.25) is 0 Å². The van der Waals surface area contributed by atoms with Crippen molar-refractivity contribution in [3.05, 3.63) is 11.7 Å². The summed E-state index contributed by atoms with van der Waals surface area (Å²) in [7, 11) is 0. The third-order valence-corrected chi connectivity index (χ3v) is 3.16. The molecule has 0 saturated heterocycles. The minimum atomic E-state index is -1.21. The number of urea groups is 1. The van der Waals surface area contributed by atoms with Crippen molar-refractivity contribution in [2.45, 2.75) is 37.9 Å². The summed E-state index contributed by atoms with van der Waals surface area (Å²) in [4.78, 5) is 41.2. The minimum Gasteiger partial charge on any atom is -0.481 e. The lowest BCUT2D eigenvalue weighted by atomic mass is 10.1. The number of hydrogen-bond acceptors (Lipinski definition) is 8. The zero-order valence-corrected chi connectivity index (χ0v) is 14.3. The standard InChI is InChI=1S/C13H22N8O6/c14-6(4-9(22)23)10-20-8(27-21-10)5-18-13(26)19-7(11(24)25)2-1-3-17-12(15)16/h6-7H,1-5,14H2,(H,22,23)(H,24,25)(H4,15,16,17)(H2,18,19,26)/t6-,7?/m0/s1. The van der Waals surface area contributed by atoms with Crippen molar-refractivity contribution in [3.63, 3.8) is 0 Å². The number of hydrogen-bond donors (Lipinski definition) is 7. The topological polar surface area (TPSA) is 245 Å². The number of aromatic nitrogens is 2. The first-order valence-electron chi connectivity index (χ1n) is 7.81. The molecular weight excluding hydrogens is 364 g/mol. The van der Waals surface area contributed by atoms with E-state index in [0.29, 0.717) is 6.42 Å². The molecule has 0 aromatic carbocycles. The lowest BCUT2D eigenvalue weighted by molar-refractivity contribution is -0.139. The van der Waals surface area contributed by atoms with E-state index in [9.17, 15) is 14.4 Å². The summed E-state index contributed by atoms with van der Waals surface area (Å²) in [5.74, 6) is -2.46. The SMILES string of the molecule is NC(N)=NCCCC(NC(=O)NCc1nc([C@@H](N)CC(=O)O)no1)C(=O)O. The number of nitrogens with one attached hydrogen (secondary N) is 2. The first kappa shape index (κ1) is 21.6. The largest absolute Gasteiger partial charge is 0.481 e. The summed E-state index contributed by atoms with van der Waals surface area (Å²) >= 11 is 0. The summed E-state index contributed by atoms with van der Waals surface area (Å²) in [6.07, 6.45) is 0.0882. The predicted molar refractivity (Wildman–Crippen MR) is 90.2 cm³/mol. The molecule has 0 bridgehead atoms. The molecule has 1 heterocycles. The highest BCUT2D eigenvalue weighted by Gasteiger charge is 2.20. The average molecular weight is 386 g/mol. The highest BCUT2D eigenvalue weighted by Crippen LogP contribution is 2.10. The number of amides is 2. The third kappa shape index (κ3) is 8.48. The fourth-order valence-corrected chi connectivity index (χ4v) is 1.90. The highest BCUT2D eigenvalue weighted by molar-refractivity contribution is 5.82. The summed E-state index contributed by atoms with van der Waals surface area (Å²) in [5, 5.41) is 25.9. The molecule has 0 aliphatic carbocycles. The molecule has 2 amide bonds. The second-order valence-corrected chi connectivity index (χ2v) is 5.42. The van der Waals surface area contributed by atoms with Crippen LogP contribution in [0.25, 0.3) is 0 Å². The molecule has 1 aromatic rings. The Morgan fingerprint density at radius 2 is 1.96 bits per heavy atom. The van der Waals surface area contributed by atoms with E-state index in [4.69, 9.17) is 31.9 Å². The number of carboxylic acids is 2. The molecule has 150 valence electrons. The second-order valence-electron chi connectivity index (χ2n) is 5.42. The van der Waals surface area contributed by atoms with E-state index in [0.717, 1.165) is 0 Å². The lowest BCUT2D eigenvalue weighted by Crippen LogP contribution is -2.45. The maximum atomic E-state index is 11.8. The molecular formula is C13H22N8O6. The summed E-state index contributed by atoms with van der Waals surface area (Å²) in [6, 6.07) is -2.85. The van der Waals surface area contributed by atoms with Crippen LogP contribution < -0.4 is 27.8 Å². The van der Waals surface area contributed by atoms with Crippen molar-refractivity contribution in [1.29, 1.82) is 0 Å². The maximum absolute atomic E-state index is 11.8. The smallest absolute Gasteiger partial charge is 0.326 e. The van der Waals surface area contributed by atoms with Gasteiger partial charge < -0.3 is 42.6 Å². The third-order valence-electron chi connectivity index (χ3n) is 3.16. The Bertz CT molecular complexity index is 686. The number of nitrogens with two attached hydrogens (primary N) is 3. The molecule has 2 atom stereocenters. The van der Waals surface area contributed by atoms with Crippen LogP contribution in [0.5, 0.6) is 0 Å². The zero-order valence-electron chi connectivity index (χ0n) is 14.3. The fourth-order valence-electron chi connectivity index (χ4n) is 1.90. The van der Waals surface area contributed by atoms with E-state index in [2.05, 4.69) is 25.8 Å². The van der Waals surface area contributed by atoms with Gasteiger partial charge in [0.1, 0.15) is 6.04 Å². The average Bonchev–Trinajstić information content (AvgIpc) is 3.04. The monoisotopic (exact) mass is 386 g/mol. The van der Waals surface area contributed by atoms with Gasteiger partial charge in [-0.15, -0.1) is 0 Å². The van der Waals surface area contributed by atoms with Gasteiger partial charge in [0.05, 0.1) is 19.0 Å². The van der Waals surface area contributed by atoms with Gasteiger partial charge in [-0.1, -0.05) is 5.16 Å². The van der Waals surface area contributed by atoms with Crippen LogP contribution in [0.1, 0.15) is 37.0 Å². The molecule has 14 heteroatoms. The van der Waals surface area contributed by atoms with Crippen LogP contribution in [0.15, 0.2) is 9.52 Å². The van der Waals surface area contributed by atoms with Crippen molar-refractivity contribution in [2.24, 2.45) is 22.2 Å². The lowest BCUT2D eigenvalue weighted by Gasteiger charge is -2.14. The molecule has 1 rings (SSSR count). The summed E-state index contributed by atoms with van der Waals surface area (Å²) in [6.45, 7) is 0.0374. The Labute approximate surface area is 153 Å². The van der Waals surface area contributed by atoms with Crippen LogP contribution in [0.4, 0.5) is 4.79 Å². The molecule has 27 heavy (non-hydrogen) atoms. The fraction of sp³-hybridized carbons (Fsp3) is 0.538. The van der Waals surface area contributed by atoms with Gasteiger partial charge in [-0.2, -0.15) is 4.98 Å². The second kappa shape index (κ2) is 10.5. The van der Waals surface area contributed by atoms with Crippen molar-refractivity contribution in [3.8, 4) is 0 Å². The molecule has 0 aliphatic heterocycles. The Kier molecular flexibility index (Phi) is 8.44. The van der Waals surface area contributed by atoms with Crippen LogP contribution >= 0.6 is 0 Å². The summed E-state index contributed by atoms with van der Waals surface area (Å²) in [5.41, 5.74) is 15.9. The van der Waals surface area contributed by atoms with Crippen molar-refractivity contribution >= 4 is 23.9 Å². The Hall–Kier alpha value is -3.42. The van der Waals surface area contributed by atoms with E-state index in [-0.39, 0.29) is 43.6 Å². The van der Waals surface area contributed by atoms with Crippen LogP contribution in [-0.4, -0.2) is 56.9 Å². The number of aliphatic carboxylic acids is 2. The quantitative estimate of drug-likeness (QED) is 0.123. The number of carbonyl (C=O) groups is 3. The van der Waals surface area contributed by atoms with Gasteiger partial charge in [-0.3, -0.25) is 9.79 Å². The van der Waals surface area contributed by atoms with E-state index in [1.54, 1.807) is 0 Å². The molecule has 0 radical (unpaired) electrons. The Morgan fingerprint density at radius 1 is 1.26 bits per heavy atom. The molecule has 0 saturated carbocycles. The molecule has 1 unspecified atom stereocenters. The van der Waals surface area contributed by atoms with E-state index < -0.39 is 30.1 Å². The zero-order chi connectivity index (χ0) is 20.4. The van der Waals surface area contributed by atoms with Gasteiger partial charge in [0.15, 0.2) is 11.8 Å². The number of aliphatic imine (C=N–C) groups is 1. The van der Waals surface area contributed by atoms with Gasteiger partial charge in [-0.05, 0) is 12.8 Å². The molecule has 0 spiro atoms. The van der Waals surface area contributed by atoms with Gasteiger partial charge in [0.2, 0.25) is 5.89 Å². The number of nitrogens with zero attached hydrogens (tertiary/aromatic N) is 3. The van der Waals surface area contributed by atoms with E-state index in [1.165, 1.54) is 0 Å². The molecule has 14 nitrogen and oxygen atoms in total. The number of carboxylic acid groups (broad SMARTS) is 2. The Balaban J connectivity index is 2.46. The molecule has 0 fully saturated rings. The highest BCUT2D eigenvalue weighted by atomic mass is 16.5. The summed E-state index contributed by atoms with van der Waals surface area (Å²) < 4.78 is 4.84. The number of carbonyl (C=O) groups excluding carboxylic acids is 1. The first-order valence-corrected chi connectivity index (χ1v) is 7.81. The van der Waals surface area contributed by atoms with Gasteiger partial charge in [-0.25, -0.2) is 9.59 Å². The Morgan fingerprint density at radius 3 is 2.56 bits per heavy atom. The van der Waals surface area contributed by atoms with E-state index >= 15 is 0 Å². The minimum absolute atomic E-state index is 0.0133. The van der Waals surface area contributed by atoms with Crippen molar-refractivity contribution in [1.82, 2.24) is 20.8 Å². The van der Waals surface area contributed by atoms with Crippen LogP contribution in [0.3, 0.4) is 0 Å². The van der Waals surface area contributed by atoms with Crippen molar-refractivity contribution in [2.75, 3.05) is 6.54 Å². The first-order chi connectivity index (χ1) is 12.7. The normalized spacial score (nSPS) is 12.6. The maximum Gasteiger partial charge on any atom is 0.326 e. The van der Waals surface area contributed by atoms with Gasteiger partial charge in [0, 0.05) is 6.54 Å².